The van der Waals surface area contributed by atoms with Gasteiger partial charge in [0.1, 0.15) is 0 Å². The molecule has 6 heteroatoms. The average Bonchev–Trinajstić information content (AvgIpc) is 3.18. The van der Waals surface area contributed by atoms with E-state index in [9.17, 15) is 4.79 Å². The van der Waals surface area contributed by atoms with Crippen molar-refractivity contribution in [3.8, 4) is 0 Å². The molecule has 1 aliphatic rings. The van der Waals surface area contributed by atoms with Crippen LogP contribution in [0.4, 0.5) is 5.69 Å². The third kappa shape index (κ3) is 3.53. The summed E-state index contributed by atoms with van der Waals surface area (Å²) in [5, 5.41) is 9.36. The fourth-order valence-corrected chi connectivity index (χ4v) is 2.70. The van der Waals surface area contributed by atoms with Crippen molar-refractivity contribution in [1.29, 1.82) is 0 Å². The summed E-state index contributed by atoms with van der Waals surface area (Å²) in [6.45, 7) is 1.31. The molecule has 0 saturated heterocycles. The Kier molecular flexibility index (Phi) is 4.61. The molecule has 1 atom stereocenters. The second kappa shape index (κ2) is 7.00. The number of hydrogen-bond acceptors (Lipinski definition) is 3. The van der Waals surface area contributed by atoms with Gasteiger partial charge >= 0.3 is 0 Å². The van der Waals surface area contributed by atoms with Crippen molar-refractivity contribution in [2.45, 2.75) is 18.9 Å². The number of anilines is 1. The van der Waals surface area contributed by atoms with Crippen LogP contribution in [0.15, 0.2) is 52.3 Å². The van der Waals surface area contributed by atoms with Crippen LogP contribution in [0, 0.1) is 0 Å². The molecule has 1 aliphatic heterocycles. The highest BCUT2D eigenvalue weighted by Gasteiger charge is 2.29. The number of furan rings is 1. The number of guanidine groups is 1. The minimum absolute atomic E-state index is 0.0642. The summed E-state index contributed by atoms with van der Waals surface area (Å²) in [5.41, 5.74) is 3.04. The van der Waals surface area contributed by atoms with Crippen LogP contribution >= 0.6 is 0 Å². The molecule has 2 heterocycles. The predicted octanol–water partition coefficient (Wildman–Crippen LogP) is 2.07. The molecule has 0 saturated carbocycles. The highest BCUT2D eigenvalue weighted by molar-refractivity contribution is 6.02. The third-order valence-electron chi connectivity index (χ3n) is 3.90. The number of fused-ring (bicyclic) bond motifs is 1. The molecule has 1 unspecified atom stereocenters. The molecule has 0 aliphatic carbocycles. The number of benzene rings is 1. The van der Waals surface area contributed by atoms with Gasteiger partial charge in [0.25, 0.3) is 0 Å². The van der Waals surface area contributed by atoms with Gasteiger partial charge < -0.3 is 20.4 Å². The number of hydrogen-bond donors (Lipinski definition) is 3. The number of nitrogens with zero attached hydrogens (tertiary/aromatic N) is 1. The first-order valence-electron chi connectivity index (χ1n) is 7.63. The van der Waals surface area contributed by atoms with E-state index in [1.54, 1.807) is 19.6 Å². The molecule has 23 heavy (non-hydrogen) atoms. The van der Waals surface area contributed by atoms with Crippen molar-refractivity contribution in [3.05, 3.63) is 54.0 Å². The summed E-state index contributed by atoms with van der Waals surface area (Å²) in [6.07, 6.45) is 4.05. The zero-order valence-electron chi connectivity index (χ0n) is 13.0. The minimum atomic E-state index is -0.106. The van der Waals surface area contributed by atoms with Gasteiger partial charge in [0.15, 0.2) is 5.96 Å². The summed E-state index contributed by atoms with van der Waals surface area (Å²) < 4.78 is 5.03. The molecule has 3 N–H and O–H groups in total. The monoisotopic (exact) mass is 312 g/mol. The van der Waals surface area contributed by atoms with Gasteiger partial charge in [-0.1, -0.05) is 18.2 Å². The van der Waals surface area contributed by atoms with Gasteiger partial charge in [0.2, 0.25) is 5.91 Å². The van der Waals surface area contributed by atoms with Crippen LogP contribution in [-0.4, -0.2) is 25.5 Å². The maximum Gasteiger partial charge on any atom is 0.232 e. The van der Waals surface area contributed by atoms with E-state index in [-0.39, 0.29) is 11.8 Å². The van der Waals surface area contributed by atoms with Crippen molar-refractivity contribution in [3.63, 3.8) is 0 Å². The Morgan fingerprint density at radius 2 is 2.17 bits per heavy atom. The Balaban J connectivity index is 1.49. The van der Waals surface area contributed by atoms with Crippen molar-refractivity contribution in [1.82, 2.24) is 10.6 Å². The predicted molar refractivity (Wildman–Crippen MR) is 89.3 cm³/mol. The lowest BCUT2D eigenvalue weighted by Gasteiger charge is -2.13. The largest absolute Gasteiger partial charge is 0.472 e. The van der Waals surface area contributed by atoms with Crippen molar-refractivity contribution >= 4 is 17.6 Å². The molecule has 120 valence electrons. The molecule has 0 radical (unpaired) electrons. The van der Waals surface area contributed by atoms with Gasteiger partial charge in [0, 0.05) is 31.4 Å². The molecule has 0 spiro atoms. The standard InChI is InChI=1S/C17H20N4O2/c1-18-17(20-10-12-7-9-23-11-12)19-8-6-14-13-4-2-3-5-15(13)21-16(14)22/h2-5,7,9,11,14H,6,8,10H2,1H3,(H,21,22)(H2,18,19,20). The molecule has 1 aromatic heterocycles. The SMILES string of the molecule is CN=C(NCCC1C(=O)Nc2ccccc21)NCc1ccoc1. The fourth-order valence-electron chi connectivity index (χ4n) is 2.70. The summed E-state index contributed by atoms with van der Waals surface area (Å²) in [7, 11) is 1.72. The lowest BCUT2D eigenvalue weighted by molar-refractivity contribution is -0.117. The van der Waals surface area contributed by atoms with Gasteiger partial charge in [-0.15, -0.1) is 0 Å². The van der Waals surface area contributed by atoms with Gasteiger partial charge in [-0.05, 0) is 24.1 Å². The first-order valence-corrected chi connectivity index (χ1v) is 7.63. The zero-order valence-corrected chi connectivity index (χ0v) is 13.0. The summed E-state index contributed by atoms with van der Waals surface area (Å²) in [4.78, 5) is 16.2. The van der Waals surface area contributed by atoms with E-state index in [0.717, 1.165) is 23.2 Å². The average molecular weight is 312 g/mol. The number of amides is 1. The van der Waals surface area contributed by atoms with Gasteiger partial charge in [0.05, 0.1) is 18.4 Å². The minimum Gasteiger partial charge on any atom is -0.472 e. The first kappa shape index (κ1) is 15.1. The summed E-state index contributed by atoms with van der Waals surface area (Å²) in [5.74, 6) is 0.665. The molecule has 1 amide bonds. The summed E-state index contributed by atoms with van der Waals surface area (Å²) >= 11 is 0. The Hall–Kier alpha value is -2.76. The van der Waals surface area contributed by atoms with Crippen LogP contribution in [0.1, 0.15) is 23.5 Å². The van der Waals surface area contributed by atoms with Crippen LogP contribution in [0.2, 0.25) is 0 Å². The molecule has 6 nitrogen and oxygen atoms in total. The maximum absolute atomic E-state index is 12.1. The van der Waals surface area contributed by atoms with Crippen molar-refractivity contribution < 1.29 is 9.21 Å². The van der Waals surface area contributed by atoms with Crippen molar-refractivity contribution in [2.24, 2.45) is 4.99 Å². The normalized spacial score (nSPS) is 16.8. The highest BCUT2D eigenvalue weighted by Crippen LogP contribution is 2.33. The van der Waals surface area contributed by atoms with E-state index in [2.05, 4.69) is 20.9 Å². The number of rotatable bonds is 5. The zero-order chi connectivity index (χ0) is 16.1. The molecule has 0 fully saturated rings. The molecule has 2 aromatic rings. The molecule has 3 rings (SSSR count). The molecular weight excluding hydrogens is 292 g/mol. The van der Waals surface area contributed by atoms with Crippen LogP contribution in [-0.2, 0) is 11.3 Å². The van der Waals surface area contributed by atoms with E-state index in [1.807, 2.05) is 30.3 Å². The Bertz CT molecular complexity index is 694. The maximum atomic E-state index is 12.1. The topological polar surface area (TPSA) is 78.7 Å². The molecular formula is C17H20N4O2. The van der Waals surface area contributed by atoms with E-state index in [4.69, 9.17) is 4.42 Å². The number of carbonyl (C=O) groups excluding carboxylic acids is 1. The quantitative estimate of drug-likeness (QED) is 0.583. The lowest BCUT2D eigenvalue weighted by atomic mass is 9.97. The van der Waals surface area contributed by atoms with Crippen LogP contribution in [0.5, 0.6) is 0 Å². The Labute approximate surface area is 135 Å². The summed E-state index contributed by atoms with van der Waals surface area (Å²) in [6, 6.07) is 9.74. The van der Waals surface area contributed by atoms with Crippen LogP contribution in [0.3, 0.4) is 0 Å². The van der Waals surface area contributed by atoms with Gasteiger partial charge in [-0.2, -0.15) is 0 Å². The second-order valence-corrected chi connectivity index (χ2v) is 5.40. The smallest absolute Gasteiger partial charge is 0.232 e. The molecule has 1 aromatic carbocycles. The van der Waals surface area contributed by atoms with Crippen molar-refractivity contribution in [2.75, 3.05) is 18.9 Å². The lowest BCUT2D eigenvalue weighted by Crippen LogP contribution is -2.37. The van der Waals surface area contributed by atoms with Gasteiger partial charge in [-0.25, -0.2) is 0 Å². The highest BCUT2D eigenvalue weighted by atomic mass is 16.3. The van der Waals surface area contributed by atoms with E-state index >= 15 is 0 Å². The Morgan fingerprint density at radius 1 is 1.30 bits per heavy atom. The van der Waals surface area contributed by atoms with Crippen LogP contribution < -0.4 is 16.0 Å². The number of carbonyl (C=O) groups is 1. The first-order chi connectivity index (χ1) is 11.3. The second-order valence-electron chi connectivity index (χ2n) is 5.40. The number of nitrogens with one attached hydrogen (secondary N) is 3. The van der Waals surface area contributed by atoms with E-state index < -0.39 is 0 Å². The number of para-hydroxylation sites is 1. The third-order valence-corrected chi connectivity index (χ3v) is 3.90. The van der Waals surface area contributed by atoms with E-state index in [0.29, 0.717) is 19.0 Å². The molecule has 0 bridgehead atoms. The van der Waals surface area contributed by atoms with Gasteiger partial charge in [-0.3, -0.25) is 9.79 Å². The Morgan fingerprint density at radius 3 is 2.96 bits per heavy atom. The van der Waals surface area contributed by atoms with Crippen LogP contribution in [0.25, 0.3) is 0 Å². The number of aliphatic imine (C=N–C) groups is 1. The van der Waals surface area contributed by atoms with E-state index in [1.165, 1.54) is 0 Å². The fraction of sp³-hybridized carbons (Fsp3) is 0.294.